The molecule has 1 aromatic heterocycles. The van der Waals surface area contributed by atoms with E-state index in [2.05, 4.69) is 4.98 Å². The van der Waals surface area contributed by atoms with Gasteiger partial charge in [-0.1, -0.05) is 18.2 Å². The Hall–Kier alpha value is -1.87. The van der Waals surface area contributed by atoms with Crippen LogP contribution >= 0.6 is 0 Å². The van der Waals surface area contributed by atoms with E-state index in [4.69, 9.17) is 9.84 Å². The molecule has 2 aromatic rings. The molecule has 0 amide bonds. The second-order valence-electron chi connectivity index (χ2n) is 4.79. The number of aliphatic hydroxyl groups is 1. The molecule has 19 heavy (non-hydrogen) atoms. The lowest BCUT2D eigenvalue weighted by Gasteiger charge is -2.11. The summed E-state index contributed by atoms with van der Waals surface area (Å²) in [5.41, 5.74) is 3.63. The predicted molar refractivity (Wildman–Crippen MR) is 76.1 cm³/mol. The van der Waals surface area contributed by atoms with Crippen molar-refractivity contribution in [2.75, 3.05) is 0 Å². The van der Waals surface area contributed by atoms with Crippen molar-refractivity contribution in [3.63, 3.8) is 0 Å². The first-order valence-corrected chi connectivity index (χ1v) is 6.44. The molecule has 1 N–H and O–H groups in total. The van der Waals surface area contributed by atoms with Crippen LogP contribution in [-0.2, 0) is 6.61 Å². The lowest BCUT2D eigenvalue weighted by molar-refractivity contribution is 0.242. The zero-order chi connectivity index (χ0) is 13.8. The number of pyridine rings is 1. The van der Waals surface area contributed by atoms with Crippen molar-refractivity contribution >= 4 is 0 Å². The van der Waals surface area contributed by atoms with E-state index in [1.807, 2.05) is 57.2 Å². The third-order valence-corrected chi connectivity index (χ3v) is 2.87. The van der Waals surface area contributed by atoms with Gasteiger partial charge in [-0.3, -0.25) is 4.98 Å². The van der Waals surface area contributed by atoms with Gasteiger partial charge in [-0.2, -0.15) is 0 Å². The van der Waals surface area contributed by atoms with E-state index in [1.165, 1.54) is 0 Å². The molecule has 0 fully saturated rings. The highest BCUT2D eigenvalue weighted by Crippen LogP contribution is 2.24. The Kier molecular flexibility index (Phi) is 4.17. The van der Waals surface area contributed by atoms with Crippen LogP contribution in [0.2, 0.25) is 0 Å². The lowest BCUT2D eigenvalue weighted by Crippen LogP contribution is -2.05. The van der Waals surface area contributed by atoms with E-state index in [-0.39, 0.29) is 12.7 Å². The highest BCUT2D eigenvalue weighted by atomic mass is 16.5. The maximum Gasteiger partial charge on any atom is 0.120 e. The summed E-state index contributed by atoms with van der Waals surface area (Å²) in [7, 11) is 0. The molecule has 3 heteroatoms. The molecule has 0 aliphatic carbocycles. The van der Waals surface area contributed by atoms with E-state index in [9.17, 15) is 0 Å². The van der Waals surface area contributed by atoms with Crippen molar-refractivity contribution < 1.29 is 9.84 Å². The zero-order valence-corrected chi connectivity index (χ0v) is 11.6. The summed E-state index contributed by atoms with van der Waals surface area (Å²) in [6, 6.07) is 11.7. The van der Waals surface area contributed by atoms with E-state index in [0.29, 0.717) is 0 Å². The van der Waals surface area contributed by atoms with Crippen molar-refractivity contribution in [2.45, 2.75) is 33.5 Å². The largest absolute Gasteiger partial charge is 0.491 e. The third-order valence-electron chi connectivity index (χ3n) is 2.87. The van der Waals surface area contributed by atoms with Gasteiger partial charge in [0, 0.05) is 11.3 Å². The van der Waals surface area contributed by atoms with Gasteiger partial charge in [0.2, 0.25) is 0 Å². The summed E-state index contributed by atoms with van der Waals surface area (Å²) in [4.78, 5) is 4.52. The van der Waals surface area contributed by atoms with Crippen LogP contribution in [0.1, 0.15) is 25.1 Å². The fourth-order valence-corrected chi connectivity index (χ4v) is 1.92. The Morgan fingerprint density at radius 3 is 2.63 bits per heavy atom. The Morgan fingerprint density at radius 1 is 1.21 bits per heavy atom. The molecule has 1 heterocycles. The minimum absolute atomic E-state index is 0.0234. The average Bonchev–Trinajstić information content (AvgIpc) is 2.38. The molecule has 0 unspecified atom stereocenters. The van der Waals surface area contributed by atoms with Gasteiger partial charge in [0.1, 0.15) is 5.75 Å². The first-order valence-electron chi connectivity index (χ1n) is 6.44. The van der Waals surface area contributed by atoms with Gasteiger partial charge in [0.25, 0.3) is 0 Å². The van der Waals surface area contributed by atoms with Crippen LogP contribution in [0.5, 0.6) is 5.75 Å². The molecule has 0 aliphatic rings. The number of nitrogens with zero attached hydrogens (tertiary/aromatic N) is 1. The Bertz CT molecular complexity index is 564. The van der Waals surface area contributed by atoms with E-state index >= 15 is 0 Å². The summed E-state index contributed by atoms with van der Waals surface area (Å²) in [6.45, 7) is 5.94. The fraction of sp³-hybridized carbons (Fsp3) is 0.312. The number of hydrogen-bond donors (Lipinski definition) is 1. The number of aryl methyl sites for hydroxylation is 1. The lowest BCUT2D eigenvalue weighted by atomic mass is 10.1. The topological polar surface area (TPSA) is 42.4 Å². The summed E-state index contributed by atoms with van der Waals surface area (Å²) >= 11 is 0. The van der Waals surface area contributed by atoms with E-state index in [0.717, 1.165) is 28.3 Å². The summed E-state index contributed by atoms with van der Waals surface area (Å²) in [6.07, 6.45) is 0.154. The van der Waals surface area contributed by atoms with Crippen LogP contribution < -0.4 is 4.74 Å². The fourth-order valence-electron chi connectivity index (χ4n) is 1.92. The normalized spacial score (nSPS) is 10.8. The molecule has 0 spiro atoms. The molecule has 3 nitrogen and oxygen atoms in total. The highest BCUT2D eigenvalue weighted by Gasteiger charge is 2.05. The molecule has 2 rings (SSSR count). The Balaban J connectivity index is 2.33. The summed E-state index contributed by atoms with van der Waals surface area (Å²) in [5.74, 6) is 0.846. The second-order valence-corrected chi connectivity index (χ2v) is 4.79. The average molecular weight is 257 g/mol. The summed E-state index contributed by atoms with van der Waals surface area (Å²) < 4.78 is 5.68. The van der Waals surface area contributed by atoms with E-state index in [1.54, 1.807) is 0 Å². The van der Waals surface area contributed by atoms with Crippen LogP contribution in [0, 0.1) is 6.92 Å². The molecule has 0 atom stereocenters. The third kappa shape index (κ3) is 3.32. The maximum atomic E-state index is 9.16. The smallest absolute Gasteiger partial charge is 0.120 e. The first-order chi connectivity index (χ1) is 9.10. The van der Waals surface area contributed by atoms with Gasteiger partial charge in [-0.25, -0.2) is 0 Å². The standard InChI is InChI=1S/C16H19NO2/c1-11(2)19-15-6-4-5-13(9-15)16-8-7-14(10-18)12(3)17-16/h4-9,11,18H,10H2,1-3H3. The first kappa shape index (κ1) is 13.6. The van der Waals surface area contributed by atoms with Crippen LogP contribution in [0.25, 0.3) is 11.3 Å². The van der Waals surface area contributed by atoms with Crippen molar-refractivity contribution in [1.29, 1.82) is 0 Å². The number of aromatic nitrogens is 1. The molecule has 0 radical (unpaired) electrons. The molecule has 0 aliphatic heterocycles. The van der Waals surface area contributed by atoms with Gasteiger partial charge in [-0.05, 0) is 44.5 Å². The van der Waals surface area contributed by atoms with Crippen molar-refractivity contribution in [3.05, 3.63) is 47.7 Å². The molecule has 0 saturated heterocycles. The van der Waals surface area contributed by atoms with Crippen molar-refractivity contribution in [1.82, 2.24) is 4.98 Å². The molecule has 0 bridgehead atoms. The molecule has 100 valence electrons. The highest BCUT2D eigenvalue weighted by molar-refractivity contribution is 5.61. The quantitative estimate of drug-likeness (QED) is 0.913. The Labute approximate surface area is 113 Å². The molecule has 1 aromatic carbocycles. The van der Waals surface area contributed by atoms with E-state index < -0.39 is 0 Å². The number of ether oxygens (including phenoxy) is 1. The zero-order valence-electron chi connectivity index (χ0n) is 11.6. The minimum atomic E-state index is 0.0234. The second kappa shape index (κ2) is 5.85. The monoisotopic (exact) mass is 257 g/mol. The van der Waals surface area contributed by atoms with Gasteiger partial charge < -0.3 is 9.84 Å². The van der Waals surface area contributed by atoms with Crippen LogP contribution in [-0.4, -0.2) is 16.2 Å². The predicted octanol–water partition coefficient (Wildman–Crippen LogP) is 3.34. The van der Waals surface area contributed by atoms with Crippen molar-refractivity contribution in [2.24, 2.45) is 0 Å². The maximum absolute atomic E-state index is 9.16. The SMILES string of the molecule is Cc1nc(-c2cccc(OC(C)C)c2)ccc1CO. The van der Waals surface area contributed by atoms with Gasteiger partial charge in [0.15, 0.2) is 0 Å². The number of hydrogen-bond acceptors (Lipinski definition) is 3. The molecular weight excluding hydrogens is 238 g/mol. The van der Waals surface area contributed by atoms with Crippen LogP contribution in [0.3, 0.4) is 0 Å². The van der Waals surface area contributed by atoms with Gasteiger partial charge in [0.05, 0.1) is 18.4 Å². The minimum Gasteiger partial charge on any atom is -0.491 e. The molecular formula is C16H19NO2. The van der Waals surface area contributed by atoms with Gasteiger partial charge in [-0.15, -0.1) is 0 Å². The van der Waals surface area contributed by atoms with Crippen LogP contribution in [0.4, 0.5) is 0 Å². The number of benzene rings is 1. The van der Waals surface area contributed by atoms with Crippen LogP contribution in [0.15, 0.2) is 36.4 Å². The number of aliphatic hydroxyl groups excluding tert-OH is 1. The molecule has 0 saturated carbocycles. The van der Waals surface area contributed by atoms with Crippen molar-refractivity contribution in [3.8, 4) is 17.0 Å². The number of rotatable bonds is 4. The Morgan fingerprint density at radius 2 is 2.00 bits per heavy atom. The summed E-state index contributed by atoms with van der Waals surface area (Å²) in [5, 5.41) is 9.16. The van der Waals surface area contributed by atoms with Gasteiger partial charge >= 0.3 is 0 Å².